The van der Waals surface area contributed by atoms with Crippen LogP contribution in [0, 0.1) is 0 Å². The summed E-state index contributed by atoms with van der Waals surface area (Å²) >= 11 is 0. The number of hydrogen-bond acceptors (Lipinski definition) is 5. The van der Waals surface area contributed by atoms with E-state index in [1.54, 1.807) is 6.92 Å². The smallest absolute Gasteiger partial charge is 0.454 e. The Kier molecular flexibility index (Phi) is 10.6. The number of carbonyl (C=O) groups is 1. The molecule has 0 aromatic heterocycles. The number of unbranched alkanes of at least 4 members (excludes halogenated alkanes) is 4. The van der Waals surface area contributed by atoms with Gasteiger partial charge in [0.15, 0.2) is 5.73 Å². The Hall–Kier alpha value is -0.693. The highest BCUT2D eigenvalue weighted by atomic mass is 28.4. The van der Waals surface area contributed by atoms with Gasteiger partial charge < -0.3 is 18.0 Å². The molecule has 1 atom stereocenters. The Balaban J connectivity index is 4.75. The Labute approximate surface area is 130 Å². The summed E-state index contributed by atoms with van der Waals surface area (Å²) in [6, 6.07) is 0. The predicted octanol–water partition coefficient (Wildman–Crippen LogP) is 3.25. The van der Waals surface area contributed by atoms with Crippen LogP contribution in [-0.2, 0) is 22.8 Å². The molecule has 0 aliphatic carbocycles. The molecule has 0 aliphatic heterocycles. The fraction of sp³-hybridized carbons (Fsp3) is 0.800. The first-order valence-corrected chi connectivity index (χ1v) is 9.29. The van der Waals surface area contributed by atoms with E-state index in [0.29, 0.717) is 12.0 Å². The van der Waals surface area contributed by atoms with Gasteiger partial charge in [-0.2, -0.15) is 0 Å². The molecule has 0 saturated carbocycles. The second-order valence-corrected chi connectivity index (χ2v) is 8.17. The molecular formula is C15H30O5Si. The van der Waals surface area contributed by atoms with Crippen molar-refractivity contribution in [1.82, 2.24) is 0 Å². The molecule has 124 valence electrons. The van der Waals surface area contributed by atoms with Crippen LogP contribution in [0.3, 0.4) is 0 Å². The van der Waals surface area contributed by atoms with Crippen molar-refractivity contribution in [2.24, 2.45) is 0 Å². The van der Waals surface area contributed by atoms with E-state index in [4.69, 9.17) is 18.0 Å². The van der Waals surface area contributed by atoms with Gasteiger partial charge in [-0.15, -0.1) is 0 Å². The molecule has 0 aromatic carbocycles. The molecule has 1 unspecified atom stereocenters. The van der Waals surface area contributed by atoms with E-state index < -0.39 is 20.5 Å². The average Bonchev–Trinajstić information content (AvgIpc) is 2.48. The zero-order valence-electron chi connectivity index (χ0n) is 14.1. The first-order chi connectivity index (χ1) is 9.97. The van der Waals surface area contributed by atoms with Crippen LogP contribution in [0.2, 0.25) is 0 Å². The molecule has 0 bridgehead atoms. The van der Waals surface area contributed by atoms with E-state index >= 15 is 0 Å². The lowest BCUT2D eigenvalue weighted by Crippen LogP contribution is -2.56. The van der Waals surface area contributed by atoms with Crippen LogP contribution in [0.25, 0.3) is 0 Å². The first-order valence-electron chi connectivity index (χ1n) is 7.49. The van der Waals surface area contributed by atoms with Crippen molar-refractivity contribution in [1.29, 1.82) is 0 Å². The van der Waals surface area contributed by atoms with Crippen molar-refractivity contribution in [3.63, 3.8) is 0 Å². The first kappa shape index (κ1) is 20.3. The maximum atomic E-state index is 11.8. The largest absolute Gasteiger partial charge is 0.543 e. The van der Waals surface area contributed by atoms with Crippen molar-refractivity contribution in [2.75, 3.05) is 21.3 Å². The van der Waals surface area contributed by atoms with E-state index in [1.165, 1.54) is 40.6 Å². The van der Waals surface area contributed by atoms with E-state index in [1.807, 2.05) is 0 Å². The molecule has 0 fully saturated rings. The molecule has 0 amide bonds. The predicted molar refractivity (Wildman–Crippen MR) is 84.9 cm³/mol. The Morgan fingerprint density at radius 1 is 1.05 bits per heavy atom. The van der Waals surface area contributed by atoms with Gasteiger partial charge in [-0.05, 0) is 19.8 Å². The zero-order chi connectivity index (χ0) is 16.3. The minimum Gasteiger partial charge on any atom is -0.454 e. The van der Waals surface area contributed by atoms with Crippen LogP contribution in [0.1, 0.15) is 52.4 Å². The van der Waals surface area contributed by atoms with Crippen molar-refractivity contribution in [2.45, 2.75) is 58.1 Å². The van der Waals surface area contributed by atoms with E-state index in [9.17, 15) is 4.79 Å². The van der Waals surface area contributed by atoms with E-state index in [2.05, 4.69) is 13.5 Å². The molecule has 0 N–H and O–H groups in total. The normalized spacial score (nSPS) is 13.0. The number of rotatable bonds is 12. The number of esters is 1. The van der Waals surface area contributed by atoms with Gasteiger partial charge in [0.2, 0.25) is 0 Å². The van der Waals surface area contributed by atoms with Gasteiger partial charge in [-0.3, -0.25) is 0 Å². The molecule has 0 radical (unpaired) electrons. The Morgan fingerprint density at radius 2 is 1.57 bits per heavy atom. The SMILES string of the molecule is C=C(C)C(=O)OC(CCCCCCC)[Si](OC)(OC)OC. The second-order valence-electron chi connectivity index (χ2n) is 5.09. The van der Waals surface area contributed by atoms with Crippen LogP contribution in [0.15, 0.2) is 12.2 Å². The highest BCUT2D eigenvalue weighted by Gasteiger charge is 2.50. The van der Waals surface area contributed by atoms with Crippen LogP contribution in [0.5, 0.6) is 0 Å². The molecule has 0 aromatic rings. The van der Waals surface area contributed by atoms with Crippen LogP contribution in [0.4, 0.5) is 0 Å². The minimum absolute atomic E-state index is 0.359. The third-order valence-corrected chi connectivity index (χ3v) is 6.32. The van der Waals surface area contributed by atoms with Crippen molar-refractivity contribution in [3.8, 4) is 0 Å². The summed E-state index contributed by atoms with van der Waals surface area (Å²) in [6.07, 6.45) is 6.30. The lowest BCUT2D eigenvalue weighted by Gasteiger charge is -2.31. The lowest BCUT2D eigenvalue weighted by atomic mass is 10.1. The standard InChI is InChI=1S/C15H30O5Si/c1-7-8-9-10-11-12-14(20-15(16)13(2)3)21(17-4,18-5)19-6/h14H,2,7-12H2,1,3-6H3. The fourth-order valence-electron chi connectivity index (χ4n) is 2.12. The molecule has 21 heavy (non-hydrogen) atoms. The summed E-state index contributed by atoms with van der Waals surface area (Å²) < 4.78 is 21.8. The van der Waals surface area contributed by atoms with Crippen molar-refractivity contribution in [3.05, 3.63) is 12.2 Å². The summed E-state index contributed by atoms with van der Waals surface area (Å²) in [5, 5.41) is 0. The molecule has 0 saturated heterocycles. The average molecular weight is 318 g/mol. The third kappa shape index (κ3) is 6.73. The topological polar surface area (TPSA) is 54.0 Å². The van der Waals surface area contributed by atoms with Crippen LogP contribution >= 0.6 is 0 Å². The summed E-state index contributed by atoms with van der Waals surface area (Å²) in [7, 11) is 1.57. The Morgan fingerprint density at radius 3 is 2.00 bits per heavy atom. The number of hydrogen-bond donors (Lipinski definition) is 0. The highest BCUT2D eigenvalue weighted by Crippen LogP contribution is 2.22. The molecule has 6 heteroatoms. The van der Waals surface area contributed by atoms with Gasteiger partial charge in [-0.1, -0.05) is 39.2 Å². The maximum absolute atomic E-state index is 11.8. The molecular weight excluding hydrogens is 288 g/mol. The van der Waals surface area contributed by atoms with Crippen LogP contribution < -0.4 is 0 Å². The van der Waals surface area contributed by atoms with Gasteiger partial charge in [-0.25, -0.2) is 4.79 Å². The molecule has 5 nitrogen and oxygen atoms in total. The summed E-state index contributed by atoms with van der Waals surface area (Å²) in [5.41, 5.74) is -0.138. The number of ether oxygens (including phenoxy) is 1. The quantitative estimate of drug-likeness (QED) is 0.239. The summed E-state index contributed by atoms with van der Waals surface area (Å²) in [5.74, 6) is -0.434. The molecule has 0 rings (SSSR count). The molecule has 0 aliphatic rings. The summed E-state index contributed by atoms with van der Waals surface area (Å²) in [4.78, 5) is 11.8. The highest BCUT2D eigenvalue weighted by molar-refractivity contribution is 6.62. The summed E-state index contributed by atoms with van der Waals surface area (Å²) in [6.45, 7) is 7.40. The van der Waals surface area contributed by atoms with Gasteiger partial charge in [0, 0.05) is 26.9 Å². The van der Waals surface area contributed by atoms with Gasteiger partial charge in [0.25, 0.3) is 0 Å². The zero-order valence-corrected chi connectivity index (χ0v) is 15.1. The lowest BCUT2D eigenvalue weighted by molar-refractivity contribution is -0.144. The van der Waals surface area contributed by atoms with Crippen molar-refractivity contribution >= 4 is 14.8 Å². The molecule has 0 heterocycles. The van der Waals surface area contributed by atoms with Gasteiger partial charge >= 0.3 is 14.8 Å². The van der Waals surface area contributed by atoms with E-state index in [-0.39, 0.29) is 0 Å². The van der Waals surface area contributed by atoms with Crippen LogP contribution in [-0.4, -0.2) is 41.8 Å². The molecule has 0 spiro atoms. The van der Waals surface area contributed by atoms with Gasteiger partial charge in [0.05, 0.1) is 0 Å². The minimum atomic E-state index is -3.01. The van der Waals surface area contributed by atoms with Crippen molar-refractivity contribution < 1.29 is 22.8 Å². The Bertz CT molecular complexity index is 307. The monoisotopic (exact) mass is 318 g/mol. The third-order valence-electron chi connectivity index (χ3n) is 3.42. The fourth-order valence-corrected chi connectivity index (χ4v) is 4.21. The maximum Gasteiger partial charge on any atom is 0.543 e. The number of carbonyl (C=O) groups excluding carboxylic acids is 1. The van der Waals surface area contributed by atoms with Gasteiger partial charge in [0.1, 0.15) is 0 Å². The van der Waals surface area contributed by atoms with E-state index in [0.717, 1.165) is 12.8 Å². The second kappa shape index (κ2) is 11.0.